The minimum Gasteiger partial charge on any atom is -0.457 e. The smallest absolute Gasteiger partial charge is 0.127 e. The summed E-state index contributed by atoms with van der Waals surface area (Å²) in [5.74, 6) is 1.61. The molecule has 0 atom stereocenters. The molecule has 47 heavy (non-hydrogen) atoms. The maximum Gasteiger partial charge on any atom is 0.127 e. The number of thiophene rings is 4. The van der Waals surface area contributed by atoms with Crippen LogP contribution in [0.15, 0.2) is 121 Å². The van der Waals surface area contributed by atoms with Gasteiger partial charge >= 0.3 is 0 Å². The fourth-order valence-electron chi connectivity index (χ4n) is 5.95. The van der Waals surface area contributed by atoms with E-state index in [1.165, 1.54) is 61.8 Å². The van der Waals surface area contributed by atoms with Gasteiger partial charge in [0.25, 0.3) is 0 Å². The molecule has 0 amide bonds. The second-order valence-corrected chi connectivity index (χ2v) is 16.8. The highest BCUT2D eigenvalue weighted by molar-refractivity contribution is 7.16. The van der Waals surface area contributed by atoms with Crippen LogP contribution in [0.25, 0.3) is 53.7 Å². The average Bonchev–Trinajstić information content (AvgIpc) is 3.91. The van der Waals surface area contributed by atoms with Gasteiger partial charge in [-0.3, -0.25) is 0 Å². The molecular formula is C40H32N2OS4. The summed E-state index contributed by atoms with van der Waals surface area (Å²) in [6.07, 6.45) is 0. The molecule has 3 nitrogen and oxygen atoms in total. The predicted octanol–water partition coefficient (Wildman–Crippen LogP) is 13.2. The highest BCUT2D eigenvalue weighted by atomic mass is 32.1. The zero-order valence-electron chi connectivity index (χ0n) is 26.5. The van der Waals surface area contributed by atoms with Crippen LogP contribution in [0.1, 0.15) is 19.5 Å². The fourth-order valence-corrected chi connectivity index (χ4v) is 9.48. The van der Waals surface area contributed by atoms with Crippen LogP contribution in [0.3, 0.4) is 0 Å². The molecule has 0 aliphatic rings. The largest absolute Gasteiger partial charge is 0.457 e. The molecule has 0 saturated heterocycles. The second-order valence-electron chi connectivity index (χ2n) is 11.6. The Morgan fingerprint density at radius 3 is 0.851 bits per heavy atom. The third kappa shape index (κ3) is 5.85. The summed E-state index contributed by atoms with van der Waals surface area (Å²) >= 11 is 7.31. The molecule has 0 spiro atoms. The van der Waals surface area contributed by atoms with Gasteiger partial charge < -0.3 is 13.9 Å². The van der Waals surface area contributed by atoms with Crippen molar-refractivity contribution in [3.05, 3.63) is 141 Å². The van der Waals surface area contributed by atoms with Gasteiger partial charge in [0, 0.05) is 30.9 Å². The van der Waals surface area contributed by atoms with Crippen molar-refractivity contribution in [2.24, 2.45) is 0 Å². The number of hydrogen-bond acceptors (Lipinski definition) is 5. The molecule has 0 saturated carbocycles. The molecule has 0 radical (unpaired) electrons. The Hall–Kier alpha value is -4.40. The normalized spacial score (nSPS) is 11.4. The van der Waals surface area contributed by atoms with Crippen molar-refractivity contribution in [3.63, 3.8) is 0 Å². The molecule has 0 aliphatic carbocycles. The number of ether oxygens (including phenoxy) is 1. The molecule has 0 N–H and O–H groups in total. The van der Waals surface area contributed by atoms with Crippen LogP contribution in [-0.2, 0) is 0 Å². The first-order valence-corrected chi connectivity index (χ1v) is 18.8. The maximum atomic E-state index is 6.39. The number of rotatable bonds is 8. The van der Waals surface area contributed by atoms with Gasteiger partial charge in [0.05, 0.1) is 42.3 Å². The van der Waals surface area contributed by atoms with E-state index in [1.54, 1.807) is 0 Å². The molecule has 8 rings (SSSR count). The van der Waals surface area contributed by atoms with E-state index < -0.39 is 0 Å². The first-order valence-electron chi connectivity index (χ1n) is 15.5. The third-order valence-electron chi connectivity index (χ3n) is 8.16. The number of nitrogens with zero attached hydrogens (tertiary/aromatic N) is 2. The SMILES string of the molecule is Cc1ccc(-c2ccc(-c3ccc(C)s3)n2-c2ccc(Oc3ccc(-n4c(-c5ccc(C)s5)ccc4-c4ccc(C)s4)cc3)cc2)s1. The Kier molecular flexibility index (Phi) is 7.86. The molecule has 2 aromatic carbocycles. The number of aromatic nitrogens is 2. The van der Waals surface area contributed by atoms with Crippen molar-refractivity contribution in [1.29, 1.82) is 0 Å². The second kappa shape index (κ2) is 12.3. The Labute approximate surface area is 291 Å². The lowest BCUT2D eigenvalue weighted by Crippen LogP contribution is -1.99. The third-order valence-corrected chi connectivity index (χ3v) is 12.3. The van der Waals surface area contributed by atoms with E-state index >= 15 is 0 Å². The Morgan fingerprint density at radius 1 is 0.340 bits per heavy atom. The molecular weight excluding hydrogens is 653 g/mol. The van der Waals surface area contributed by atoms with Crippen molar-refractivity contribution in [3.8, 4) is 65.2 Å². The molecule has 6 aromatic heterocycles. The summed E-state index contributed by atoms with van der Waals surface area (Å²) in [7, 11) is 0. The van der Waals surface area contributed by atoms with Crippen molar-refractivity contribution in [2.45, 2.75) is 27.7 Å². The summed E-state index contributed by atoms with van der Waals surface area (Å²) in [5, 5.41) is 0. The monoisotopic (exact) mass is 684 g/mol. The van der Waals surface area contributed by atoms with Crippen LogP contribution in [0.5, 0.6) is 11.5 Å². The van der Waals surface area contributed by atoms with Crippen molar-refractivity contribution >= 4 is 45.3 Å². The highest BCUT2D eigenvalue weighted by Gasteiger charge is 2.18. The van der Waals surface area contributed by atoms with E-state index in [2.05, 4.69) is 158 Å². The number of benzene rings is 2. The molecule has 0 fully saturated rings. The van der Waals surface area contributed by atoms with Crippen LogP contribution in [-0.4, -0.2) is 9.13 Å². The Bertz CT molecular complexity index is 2040. The van der Waals surface area contributed by atoms with Gasteiger partial charge in [-0.05, 0) is 149 Å². The minimum absolute atomic E-state index is 0.807. The van der Waals surface area contributed by atoms with Crippen molar-refractivity contribution < 1.29 is 4.74 Å². The lowest BCUT2D eigenvalue weighted by atomic mass is 10.2. The van der Waals surface area contributed by atoms with E-state index in [-0.39, 0.29) is 0 Å². The van der Waals surface area contributed by atoms with E-state index in [0.717, 1.165) is 22.9 Å². The summed E-state index contributed by atoms with van der Waals surface area (Å²) in [6.45, 7) is 8.65. The zero-order chi connectivity index (χ0) is 32.1. The van der Waals surface area contributed by atoms with E-state index in [0.29, 0.717) is 0 Å². The molecule has 0 unspecified atom stereocenters. The number of aryl methyl sites for hydroxylation is 4. The van der Waals surface area contributed by atoms with Crippen LogP contribution in [0, 0.1) is 27.7 Å². The van der Waals surface area contributed by atoms with E-state index in [4.69, 9.17) is 4.74 Å². The lowest BCUT2D eigenvalue weighted by Gasteiger charge is -2.15. The summed E-state index contributed by atoms with van der Waals surface area (Å²) in [6, 6.07) is 43.5. The summed E-state index contributed by atoms with van der Waals surface area (Å²) < 4.78 is 11.1. The minimum atomic E-state index is 0.807. The topological polar surface area (TPSA) is 19.1 Å². The molecule has 0 aliphatic heterocycles. The molecule has 232 valence electrons. The summed E-state index contributed by atoms with van der Waals surface area (Å²) in [5.41, 5.74) is 7.03. The molecule has 6 heterocycles. The summed E-state index contributed by atoms with van der Waals surface area (Å²) in [4.78, 5) is 10.3. The van der Waals surface area contributed by atoms with Crippen molar-refractivity contribution in [2.75, 3.05) is 0 Å². The quantitative estimate of drug-likeness (QED) is 0.156. The average molecular weight is 685 g/mol. The van der Waals surface area contributed by atoms with Gasteiger partial charge in [-0.1, -0.05) is 0 Å². The number of hydrogen-bond donors (Lipinski definition) is 0. The first-order chi connectivity index (χ1) is 22.9. The molecule has 8 aromatic rings. The van der Waals surface area contributed by atoms with Crippen LogP contribution >= 0.6 is 45.3 Å². The van der Waals surface area contributed by atoms with Gasteiger partial charge in [0.2, 0.25) is 0 Å². The first kappa shape index (κ1) is 30.0. The molecule has 0 bridgehead atoms. The van der Waals surface area contributed by atoms with Gasteiger partial charge in [0.15, 0.2) is 0 Å². The van der Waals surface area contributed by atoms with Crippen LogP contribution in [0.4, 0.5) is 0 Å². The Balaban J connectivity index is 1.09. The lowest BCUT2D eigenvalue weighted by molar-refractivity contribution is 0.482. The maximum absolute atomic E-state index is 6.39. The van der Waals surface area contributed by atoms with E-state index in [9.17, 15) is 0 Å². The Morgan fingerprint density at radius 2 is 0.617 bits per heavy atom. The van der Waals surface area contributed by atoms with Crippen LogP contribution in [0.2, 0.25) is 0 Å². The standard InChI is InChI=1S/C40H32N2OS4/c1-25-5-21-37(44-25)33-17-18-34(38-22-6-26(2)45-38)41(33)29-9-13-31(14-10-29)43-32-15-11-30(12-16-32)42-35(39-23-7-27(3)46-39)19-20-36(42)40-24-8-28(4)47-40/h5-24H,1-4H3. The predicted molar refractivity (Wildman–Crippen MR) is 204 cm³/mol. The fraction of sp³-hybridized carbons (Fsp3) is 0.100. The zero-order valence-corrected chi connectivity index (χ0v) is 29.7. The molecule has 7 heteroatoms. The van der Waals surface area contributed by atoms with Crippen molar-refractivity contribution in [1.82, 2.24) is 9.13 Å². The van der Waals surface area contributed by atoms with Gasteiger partial charge in [-0.15, -0.1) is 45.3 Å². The van der Waals surface area contributed by atoms with Crippen LogP contribution < -0.4 is 4.74 Å². The van der Waals surface area contributed by atoms with Gasteiger partial charge in [-0.2, -0.15) is 0 Å². The van der Waals surface area contributed by atoms with Gasteiger partial charge in [0.1, 0.15) is 11.5 Å². The van der Waals surface area contributed by atoms with E-state index in [1.807, 2.05) is 45.3 Å². The highest BCUT2D eigenvalue weighted by Crippen LogP contribution is 2.40. The van der Waals surface area contributed by atoms with Gasteiger partial charge in [-0.25, -0.2) is 0 Å².